The summed E-state index contributed by atoms with van der Waals surface area (Å²) in [5, 5.41) is 11.5. The third-order valence-corrected chi connectivity index (χ3v) is 6.85. The van der Waals surface area contributed by atoms with Crippen molar-refractivity contribution in [3.05, 3.63) is 65.8 Å². The second-order valence-electron chi connectivity index (χ2n) is 9.12. The fraction of sp³-hybridized carbons (Fsp3) is 0.400. The third kappa shape index (κ3) is 5.88. The molecule has 39 heavy (non-hydrogen) atoms. The highest BCUT2D eigenvalue weighted by Crippen LogP contribution is 2.43. The van der Waals surface area contributed by atoms with Crippen LogP contribution in [-0.2, 0) is 9.59 Å². The van der Waals surface area contributed by atoms with Gasteiger partial charge in [-0.3, -0.25) is 9.59 Å². The van der Waals surface area contributed by atoms with Crippen LogP contribution in [0.25, 0.3) is 5.76 Å². The molecule has 9 nitrogen and oxygen atoms in total. The van der Waals surface area contributed by atoms with Gasteiger partial charge in [-0.05, 0) is 55.9 Å². The summed E-state index contributed by atoms with van der Waals surface area (Å²) in [5.74, 6) is 0.363. The molecule has 1 fully saturated rings. The minimum atomic E-state index is -0.818. The predicted molar refractivity (Wildman–Crippen MR) is 148 cm³/mol. The standard InChI is InChI=1S/C30H36N2O7/c1-5-15-37-22-11-9-20(18-24(22)36-8-4)27-26(29(34)30(35)32(27)14-13-31(6-2)7-3)28(33)21-10-12-23-25(19-21)39-17-16-38-23/h5,9-12,18-19,27,33H,1,6-8,13-17H2,2-4H3/b28-26+/t27-/m1/s1. The van der Waals surface area contributed by atoms with Crippen molar-refractivity contribution in [3.8, 4) is 23.0 Å². The molecule has 0 aromatic heterocycles. The van der Waals surface area contributed by atoms with Crippen LogP contribution in [0, 0.1) is 0 Å². The molecule has 2 aliphatic heterocycles. The van der Waals surface area contributed by atoms with Crippen LogP contribution in [0.3, 0.4) is 0 Å². The number of aliphatic hydroxyl groups excluding tert-OH is 1. The van der Waals surface area contributed by atoms with Gasteiger partial charge in [-0.15, -0.1) is 0 Å². The van der Waals surface area contributed by atoms with Crippen LogP contribution in [0.1, 0.15) is 37.9 Å². The fourth-order valence-corrected chi connectivity index (χ4v) is 4.82. The molecule has 9 heteroatoms. The molecule has 1 saturated heterocycles. The first-order chi connectivity index (χ1) is 18.9. The molecule has 208 valence electrons. The quantitative estimate of drug-likeness (QED) is 0.187. The van der Waals surface area contributed by atoms with Crippen LogP contribution in [0.15, 0.2) is 54.6 Å². The molecule has 0 aliphatic carbocycles. The van der Waals surface area contributed by atoms with E-state index < -0.39 is 17.7 Å². The highest BCUT2D eigenvalue weighted by molar-refractivity contribution is 6.46. The molecule has 0 radical (unpaired) electrons. The monoisotopic (exact) mass is 536 g/mol. The van der Waals surface area contributed by atoms with E-state index in [9.17, 15) is 14.7 Å². The fourth-order valence-electron chi connectivity index (χ4n) is 4.82. The number of aliphatic hydroxyl groups is 1. The molecule has 2 heterocycles. The average molecular weight is 537 g/mol. The molecule has 1 amide bonds. The zero-order valence-corrected chi connectivity index (χ0v) is 22.8. The van der Waals surface area contributed by atoms with Gasteiger partial charge in [-0.25, -0.2) is 0 Å². The number of carbonyl (C=O) groups is 2. The summed E-state index contributed by atoms with van der Waals surface area (Å²) in [6, 6.07) is 9.45. The van der Waals surface area contributed by atoms with E-state index in [0.717, 1.165) is 13.1 Å². The van der Waals surface area contributed by atoms with Gasteiger partial charge in [0.25, 0.3) is 11.7 Å². The number of ether oxygens (including phenoxy) is 4. The van der Waals surface area contributed by atoms with E-state index in [1.165, 1.54) is 4.90 Å². The van der Waals surface area contributed by atoms with E-state index >= 15 is 0 Å². The first-order valence-electron chi connectivity index (χ1n) is 13.3. The van der Waals surface area contributed by atoms with Crippen LogP contribution in [0.4, 0.5) is 0 Å². The first-order valence-corrected chi connectivity index (χ1v) is 13.3. The highest BCUT2D eigenvalue weighted by atomic mass is 16.6. The van der Waals surface area contributed by atoms with E-state index in [1.54, 1.807) is 42.5 Å². The zero-order chi connectivity index (χ0) is 27.9. The summed E-state index contributed by atoms with van der Waals surface area (Å²) in [7, 11) is 0. The molecule has 0 bridgehead atoms. The van der Waals surface area contributed by atoms with Gasteiger partial charge in [0.15, 0.2) is 23.0 Å². The third-order valence-electron chi connectivity index (χ3n) is 6.85. The summed E-state index contributed by atoms with van der Waals surface area (Å²) in [4.78, 5) is 30.5. The Morgan fingerprint density at radius 1 is 1.05 bits per heavy atom. The normalized spacial score (nSPS) is 17.9. The number of Topliss-reactive ketones (excluding diaryl/α,β-unsaturated/α-hetero) is 1. The molecule has 2 aromatic rings. The van der Waals surface area contributed by atoms with E-state index in [2.05, 4.69) is 11.5 Å². The van der Waals surface area contributed by atoms with Gasteiger partial charge in [-0.2, -0.15) is 0 Å². The van der Waals surface area contributed by atoms with Crippen molar-refractivity contribution in [2.45, 2.75) is 26.8 Å². The van der Waals surface area contributed by atoms with Crippen LogP contribution < -0.4 is 18.9 Å². The maximum atomic E-state index is 13.5. The molecular weight excluding hydrogens is 500 g/mol. The molecule has 2 aromatic carbocycles. The second-order valence-corrected chi connectivity index (χ2v) is 9.12. The number of carbonyl (C=O) groups excluding carboxylic acids is 2. The number of amides is 1. The largest absolute Gasteiger partial charge is 0.507 e. The van der Waals surface area contributed by atoms with Gasteiger partial charge in [0, 0.05) is 18.7 Å². The first kappa shape index (κ1) is 28.0. The van der Waals surface area contributed by atoms with Crippen molar-refractivity contribution in [2.75, 3.05) is 52.6 Å². The van der Waals surface area contributed by atoms with Gasteiger partial charge in [0.1, 0.15) is 25.6 Å². The van der Waals surface area contributed by atoms with Crippen molar-refractivity contribution in [2.24, 2.45) is 0 Å². The number of hydrogen-bond donors (Lipinski definition) is 1. The van der Waals surface area contributed by atoms with E-state index in [-0.39, 0.29) is 11.3 Å². The minimum Gasteiger partial charge on any atom is -0.507 e. The molecular formula is C30H36N2O7. The number of fused-ring (bicyclic) bond motifs is 1. The van der Waals surface area contributed by atoms with Gasteiger partial charge in [0.2, 0.25) is 0 Å². The number of rotatable bonds is 12. The highest BCUT2D eigenvalue weighted by Gasteiger charge is 2.46. The molecule has 2 aliphatic rings. The van der Waals surface area contributed by atoms with E-state index in [4.69, 9.17) is 18.9 Å². The molecule has 1 atom stereocenters. The summed E-state index contributed by atoms with van der Waals surface area (Å²) in [6.45, 7) is 13.7. The molecule has 0 unspecified atom stereocenters. The molecule has 1 N–H and O–H groups in total. The van der Waals surface area contributed by atoms with Crippen molar-refractivity contribution in [3.63, 3.8) is 0 Å². The van der Waals surface area contributed by atoms with Crippen molar-refractivity contribution >= 4 is 17.4 Å². The Morgan fingerprint density at radius 2 is 1.79 bits per heavy atom. The SMILES string of the molecule is C=CCOc1ccc([C@@H]2/C(=C(\O)c3ccc4c(c3)OCCO4)C(=O)C(=O)N2CCN(CC)CC)cc1OCC. The Kier molecular flexibility index (Phi) is 9.14. The lowest BCUT2D eigenvalue weighted by molar-refractivity contribution is -0.140. The Labute approximate surface area is 229 Å². The lowest BCUT2D eigenvalue weighted by Gasteiger charge is -2.28. The molecule has 4 rings (SSSR count). The number of likely N-dealkylation sites (N-methyl/N-ethyl adjacent to an activating group) is 1. The van der Waals surface area contributed by atoms with Crippen molar-refractivity contribution in [1.29, 1.82) is 0 Å². The molecule has 0 spiro atoms. The Bertz CT molecular complexity index is 1250. The maximum Gasteiger partial charge on any atom is 0.295 e. The Balaban J connectivity index is 1.82. The summed E-state index contributed by atoms with van der Waals surface area (Å²) in [5.41, 5.74) is 1.00. The lowest BCUT2D eigenvalue weighted by atomic mass is 9.94. The summed E-state index contributed by atoms with van der Waals surface area (Å²) in [6.07, 6.45) is 1.64. The van der Waals surface area contributed by atoms with E-state index in [1.807, 2.05) is 20.8 Å². The predicted octanol–water partition coefficient (Wildman–Crippen LogP) is 4.18. The number of nitrogens with zero attached hydrogens (tertiary/aromatic N) is 2. The van der Waals surface area contributed by atoms with Gasteiger partial charge >= 0.3 is 0 Å². The van der Waals surface area contributed by atoms with Crippen molar-refractivity contribution < 1.29 is 33.6 Å². The van der Waals surface area contributed by atoms with Gasteiger partial charge in [-0.1, -0.05) is 32.6 Å². The molecule has 0 saturated carbocycles. The minimum absolute atomic E-state index is 0.0124. The number of hydrogen-bond acceptors (Lipinski definition) is 8. The maximum absolute atomic E-state index is 13.5. The van der Waals surface area contributed by atoms with Crippen LogP contribution in [-0.4, -0.2) is 79.2 Å². The Hall–Kier alpha value is -3.98. The topological polar surface area (TPSA) is 97.8 Å². The van der Waals surface area contributed by atoms with Crippen molar-refractivity contribution in [1.82, 2.24) is 9.80 Å². The summed E-state index contributed by atoms with van der Waals surface area (Å²) >= 11 is 0. The number of ketones is 1. The van der Waals surface area contributed by atoms with Crippen LogP contribution in [0.2, 0.25) is 0 Å². The van der Waals surface area contributed by atoms with E-state index in [0.29, 0.717) is 73.6 Å². The van der Waals surface area contributed by atoms with Crippen LogP contribution in [0.5, 0.6) is 23.0 Å². The number of benzene rings is 2. The van der Waals surface area contributed by atoms with Gasteiger partial charge in [0.05, 0.1) is 18.2 Å². The number of likely N-dealkylation sites (tertiary alicyclic amines) is 1. The second kappa shape index (κ2) is 12.7. The summed E-state index contributed by atoms with van der Waals surface area (Å²) < 4.78 is 22.8. The smallest absolute Gasteiger partial charge is 0.295 e. The van der Waals surface area contributed by atoms with Gasteiger partial charge < -0.3 is 33.9 Å². The average Bonchev–Trinajstić information content (AvgIpc) is 3.21. The Morgan fingerprint density at radius 3 is 2.49 bits per heavy atom. The zero-order valence-electron chi connectivity index (χ0n) is 22.8. The van der Waals surface area contributed by atoms with Crippen LogP contribution >= 0.6 is 0 Å². The lowest BCUT2D eigenvalue weighted by Crippen LogP contribution is -2.38.